The van der Waals surface area contributed by atoms with Crippen molar-refractivity contribution >= 4 is 22.9 Å². The van der Waals surface area contributed by atoms with Crippen LogP contribution in [0.2, 0.25) is 5.02 Å². The quantitative estimate of drug-likeness (QED) is 0.931. The lowest BCUT2D eigenvalue weighted by Gasteiger charge is -2.22. The SMILES string of the molecule is Cc1ccsc1C1C=C(N)ON1Cc1cccc(Cl)c1. The van der Waals surface area contributed by atoms with Crippen LogP contribution in [0.5, 0.6) is 0 Å². The highest BCUT2D eigenvalue weighted by Gasteiger charge is 2.29. The fourth-order valence-electron chi connectivity index (χ4n) is 2.30. The molecule has 1 aliphatic rings. The second-order valence-electron chi connectivity index (χ2n) is 4.78. The monoisotopic (exact) mass is 306 g/mol. The van der Waals surface area contributed by atoms with E-state index in [9.17, 15) is 0 Å². The van der Waals surface area contributed by atoms with Crippen LogP contribution in [-0.2, 0) is 11.4 Å². The van der Waals surface area contributed by atoms with Crippen LogP contribution in [0.25, 0.3) is 0 Å². The fourth-order valence-corrected chi connectivity index (χ4v) is 3.51. The third-order valence-electron chi connectivity index (χ3n) is 3.25. The summed E-state index contributed by atoms with van der Waals surface area (Å²) < 4.78 is 0. The lowest BCUT2D eigenvalue weighted by molar-refractivity contribution is -0.127. The highest BCUT2D eigenvalue weighted by atomic mass is 35.5. The average Bonchev–Trinajstić information content (AvgIpc) is 2.95. The van der Waals surface area contributed by atoms with Crippen LogP contribution < -0.4 is 5.73 Å². The number of hydroxylamine groups is 2. The van der Waals surface area contributed by atoms with Gasteiger partial charge in [-0.3, -0.25) is 0 Å². The first-order chi connectivity index (χ1) is 9.63. The molecule has 1 unspecified atom stereocenters. The molecular weight excluding hydrogens is 292 g/mol. The zero-order chi connectivity index (χ0) is 14.1. The van der Waals surface area contributed by atoms with Gasteiger partial charge in [-0.25, -0.2) is 0 Å². The Morgan fingerprint density at radius 1 is 1.40 bits per heavy atom. The summed E-state index contributed by atoms with van der Waals surface area (Å²) in [6.45, 7) is 2.74. The summed E-state index contributed by atoms with van der Waals surface area (Å²) in [6, 6.07) is 9.95. The second-order valence-corrected chi connectivity index (χ2v) is 6.16. The Morgan fingerprint density at radius 2 is 2.25 bits per heavy atom. The number of nitrogens with two attached hydrogens (primary N) is 1. The number of benzene rings is 1. The average molecular weight is 307 g/mol. The number of aryl methyl sites for hydroxylation is 1. The van der Waals surface area contributed by atoms with Crippen LogP contribution in [0.15, 0.2) is 47.7 Å². The normalized spacial score (nSPS) is 18.9. The molecule has 1 aromatic carbocycles. The molecule has 0 fully saturated rings. The van der Waals surface area contributed by atoms with E-state index in [4.69, 9.17) is 22.2 Å². The van der Waals surface area contributed by atoms with E-state index in [2.05, 4.69) is 18.4 Å². The summed E-state index contributed by atoms with van der Waals surface area (Å²) in [5, 5.41) is 4.70. The van der Waals surface area contributed by atoms with E-state index in [-0.39, 0.29) is 6.04 Å². The molecule has 0 saturated carbocycles. The molecule has 2 heterocycles. The summed E-state index contributed by atoms with van der Waals surface area (Å²) in [5.74, 6) is 0.449. The van der Waals surface area contributed by atoms with Crippen LogP contribution in [0.4, 0.5) is 0 Å². The molecule has 0 saturated heterocycles. The van der Waals surface area contributed by atoms with E-state index in [1.807, 2.05) is 35.4 Å². The van der Waals surface area contributed by atoms with Crippen molar-refractivity contribution in [2.24, 2.45) is 5.73 Å². The number of hydrogen-bond donors (Lipinski definition) is 1. The Kier molecular flexibility index (Phi) is 3.70. The highest BCUT2D eigenvalue weighted by Crippen LogP contribution is 2.35. The molecule has 0 aliphatic carbocycles. The van der Waals surface area contributed by atoms with E-state index >= 15 is 0 Å². The zero-order valence-corrected chi connectivity index (χ0v) is 12.6. The van der Waals surface area contributed by atoms with Gasteiger partial charge in [-0.1, -0.05) is 23.7 Å². The molecule has 1 atom stereocenters. The van der Waals surface area contributed by atoms with Crippen molar-refractivity contribution in [2.45, 2.75) is 19.5 Å². The minimum absolute atomic E-state index is 0.0639. The highest BCUT2D eigenvalue weighted by molar-refractivity contribution is 7.10. The largest absolute Gasteiger partial charge is 0.387 e. The summed E-state index contributed by atoms with van der Waals surface area (Å²) >= 11 is 7.74. The van der Waals surface area contributed by atoms with Gasteiger partial charge in [0.1, 0.15) is 6.04 Å². The summed E-state index contributed by atoms with van der Waals surface area (Å²) in [6.07, 6.45) is 1.95. The first-order valence-corrected chi connectivity index (χ1v) is 7.59. The zero-order valence-electron chi connectivity index (χ0n) is 11.0. The van der Waals surface area contributed by atoms with Crippen molar-refractivity contribution in [3.63, 3.8) is 0 Å². The lowest BCUT2D eigenvalue weighted by Crippen LogP contribution is -2.23. The molecule has 3 rings (SSSR count). The molecule has 1 aromatic heterocycles. The van der Waals surface area contributed by atoms with Gasteiger partial charge in [-0.05, 0) is 41.6 Å². The minimum Gasteiger partial charge on any atom is -0.387 e. The maximum atomic E-state index is 6.03. The van der Waals surface area contributed by atoms with Gasteiger partial charge in [0.25, 0.3) is 0 Å². The molecule has 104 valence electrons. The van der Waals surface area contributed by atoms with Crippen molar-refractivity contribution in [1.82, 2.24) is 5.06 Å². The second kappa shape index (κ2) is 5.48. The number of thiophene rings is 1. The van der Waals surface area contributed by atoms with Crippen molar-refractivity contribution < 1.29 is 4.84 Å². The first-order valence-electron chi connectivity index (χ1n) is 6.34. The van der Waals surface area contributed by atoms with Crippen LogP contribution in [0.3, 0.4) is 0 Å². The smallest absolute Gasteiger partial charge is 0.207 e. The van der Waals surface area contributed by atoms with Gasteiger partial charge in [-0.2, -0.15) is 0 Å². The van der Waals surface area contributed by atoms with Crippen LogP contribution >= 0.6 is 22.9 Å². The number of halogens is 1. The van der Waals surface area contributed by atoms with Crippen molar-refractivity contribution in [3.05, 3.63) is 68.7 Å². The number of hydrogen-bond acceptors (Lipinski definition) is 4. The fraction of sp³-hybridized carbons (Fsp3) is 0.200. The van der Waals surface area contributed by atoms with Gasteiger partial charge in [-0.15, -0.1) is 16.4 Å². The molecule has 1 aliphatic heterocycles. The minimum atomic E-state index is 0.0639. The first kappa shape index (κ1) is 13.5. The van der Waals surface area contributed by atoms with E-state index in [1.165, 1.54) is 10.4 Å². The topological polar surface area (TPSA) is 38.5 Å². The summed E-state index contributed by atoms with van der Waals surface area (Å²) in [7, 11) is 0. The Balaban J connectivity index is 1.84. The Labute approximate surface area is 127 Å². The molecule has 3 nitrogen and oxygen atoms in total. The van der Waals surface area contributed by atoms with Crippen LogP contribution in [0.1, 0.15) is 22.0 Å². The maximum absolute atomic E-state index is 6.03. The van der Waals surface area contributed by atoms with E-state index in [1.54, 1.807) is 11.3 Å². The van der Waals surface area contributed by atoms with Crippen LogP contribution in [-0.4, -0.2) is 5.06 Å². The maximum Gasteiger partial charge on any atom is 0.207 e. The summed E-state index contributed by atoms with van der Waals surface area (Å²) in [4.78, 5) is 6.89. The van der Waals surface area contributed by atoms with Gasteiger partial charge in [0.05, 0.1) is 6.54 Å². The molecule has 2 N–H and O–H groups in total. The van der Waals surface area contributed by atoms with Gasteiger partial charge in [0.15, 0.2) is 0 Å². The predicted octanol–water partition coefficient (Wildman–Crippen LogP) is 4.00. The summed E-state index contributed by atoms with van der Waals surface area (Å²) in [5.41, 5.74) is 8.18. The lowest BCUT2D eigenvalue weighted by atomic mass is 10.1. The number of rotatable bonds is 3. The molecule has 20 heavy (non-hydrogen) atoms. The van der Waals surface area contributed by atoms with Gasteiger partial charge in [0, 0.05) is 16.0 Å². The van der Waals surface area contributed by atoms with Crippen molar-refractivity contribution in [1.29, 1.82) is 0 Å². The molecule has 0 amide bonds. The predicted molar refractivity (Wildman–Crippen MR) is 82.1 cm³/mol. The molecular formula is C15H15ClN2OS. The van der Waals surface area contributed by atoms with E-state index in [0.717, 1.165) is 10.6 Å². The Morgan fingerprint density at radius 3 is 2.95 bits per heavy atom. The van der Waals surface area contributed by atoms with Crippen molar-refractivity contribution in [2.75, 3.05) is 0 Å². The molecule has 2 aromatic rings. The molecule has 0 radical (unpaired) electrons. The number of nitrogens with zero attached hydrogens (tertiary/aromatic N) is 1. The Bertz CT molecular complexity index is 653. The van der Waals surface area contributed by atoms with Gasteiger partial charge in [0.2, 0.25) is 5.88 Å². The van der Waals surface area contributed by atoms with E-state index in [0.29, 0.717) is 12.4 Å². The van der Waals surface area contributed by atoms with Gasteiger partial charge < -0.3 is 10.6 Å². The van der Waals surface area contributed by atoms with Crippen molar-refractivity contribution in [3.8, 4) is 0 Å². The van der Waals surface area contributed by atoms with E-state index < -0.39 is 0 Å². The molecule has 0 bridgehead atoms. The third-order valence-corrected chi connectivity index (χ3v) is 4.58. The molecule has 0 spiro atoms. The Hall–Kier alpha value is -1.49. The molecule has 5 heteroatoms. The standard InChI is InChI=1S/C15H15ClN2OS/c1-10-5-6-20-15(10)13-8-14(17)19-18(13)9-11-3-2-4-12(16)7-11/h2-8,13H,9,17H2,1H3. The third kappa shape index (κ3) is 2.68. The van der Waals surface area contributed by atoms with Gasteiger partial charge >= 0.3 is 0 Å². The van der Waals surface area contributed by atoms with Crippen LogP contribution in [0, 0.1) is 6.92 Å².